The second-order valence-electron chi connectivity index (χ2n) is 28.5. The molecule has 0 N–H and O–H groups in total. The molecule has 0 amide bonds. The molecule has 1 unspecified atom stereocenters. The lowest BCUT2D eigenvalue weighted by Crippen LogP contribution is -2.64. The molecule has 18 atom stereocenters. The van der Waals surface area contributed by atoms with Gasteiger partial charge in [0.25, 0.3) is 0 Å². The van der Waals surface area contributed by atoms with Gasteiger partial charge < -0.3 is 42.0 Å². The summed E-state index contributed by atoms with van der Waals surface area (Å²) in [5, 5.41) is -1.47. The van der Waals surface area contributed by atoms with Gasteiger partial charge in [-0.05, 0) is 151 Å². The topological polar surface area (TPSA) is 134 Å². The predicted octanol–water partition coefficient (Wildman–Crippen LogP) is 14.9. The van der Waals surface area contributed by atoms with Crippen molar-refractivity contribution >= 4 is 54.8 Å². The third-order valence-corrected chi connectivity index (χ3v) is 32.1. The van der Waals surface area contributed by atoms with Gasteiger partial charge in [-0.2, -0.15) is 0 Å². The van der Waals surface area contributed by atoms with Crippen molar-refractivity contribution < 1.29 is 55.2 Å². The molecular formula is C65H107IO12SSi2. The van der Waals surface area contributed by atoms with E-state index in [4.69, 9.17) is 42.0 Å². The van der Waals surface area contributed by atoms with E-state index in [0.29, 0.717) is 38.4 Å². The van der Waals surface area contributed by atoms with Gasteiger partial charge >= 0.3 is 0 Å². The van der Waals surface area contributed by atoms with Gasteiger partial charge in [0.15, 0.2) is 38.5 Å². The lowest BCUT2D eigenvalue weighted by Gasteiger charge is -2.54. The van der Waals surface area contributed by atoms with Gasteiger partial charge in [-0.3, -0.25) is 4.79 Å². The fraction of sp³-hybridized carbons (Fsp3) is 0.800. The zero-order valence-electron chi connectivity index (χ0n) is 52.6. The Hall–Kier alpha value is -1.14. The average Bonchev–Trinajstić information content (AvgIpc) is 4.37. The molecule has 6 fully saturated rings. The van der Waals surface area contributed by atoms with E-state index < -0.39 is 49.8 Å². The van der Waals surface area contributed by atoms with Gasteiger partial charge in [-0.1, -0.05) is 137 Å². The van der Waals surface area contributed by atoms with Crippen molar-refractivity contribution in [3.05, 3.63) is 64.3 Å². The summed E-state index contributed by atoms with van der Waals surface area (Å²) < 4.78 is 94.7. The minimum absolute atomic E-state index is 0.0217. The largest absolute Gasteiger partial charge is 0.411 e. The van der Waals surface area contributed by atoms with Gasteiger partial charge in [0.05, 0.1) is 85.3 Å². The molecule has 1 aromatic rings. The van der Waals surface area contributed by atoms with Crippen LogP contribution in [-0.2, 0) is 63.1 Å². The minimum atomic E-state index is -4.26. The standard InChI is InChI=1S/C65H107IO12SSi2/c1-19-40(3)35-55-44(7)59(57(75-55)39-56-43(6)41(4)36-47(73-56)23-28-52-42(5)37-48(72-52)25-30-58-70-33-34-71-58)63(79(68,69)50-26-21-46(20-2)22-27-50)51(67)38-49-24-29-53-60(74-49)45(8)61(78-81(17,18)65(12,13)14)62(76-53)54(31-32-66)77-80(15,16)64(9,10)11/h21-22,26-27,31-32,40-41,44-45,47-49,52-63H,5-6,19-20,23-25,28-30,33-39H2,1-4,7-18H3/b32-31+/t40-,41+,44-,45+,47+,48+,49-,52+,53+,54+,55-,56-,57+,59-,60+,61+,62-,63?/m1/s1. The highest BCUT2D eigenvalue weighted by Crippen LogP contribution is 2.49. The van der Waals surface area contributed by atoms with Crippen LogP contribution in [0, 0.1) is 29.6 Å². The fourth-order valence-corrected chi connectivity index (χ4v) is 18.2. The van der Waals surface area contributed by atoms with Crippen molar-refractivity contribution in [2.45, 2.75) is 293 Å². The van der Waals surface area contributed by atoms with Crippen LogP contribution in [0.15, 0.2) is 63.6 Å². The summed E-state index contributed by atoms with van der Waals surface area (Å²) in [7, 11) is -8.91. The Morgan fingerprint density at radius 2 is 1.44 bits per heavy atom. The molecule has 6 heterocycles. The molecule has 6 aliphatic heterocycles. The predicted molar refractivity (Wildman–Crippen MR) is 338 cm³/mol. The number of benzene rings is 1. The number of sulfone groups is 1. The number of aryl methyl sites for hydroxylation is 1. The lowest BCUT2D eigenvalue weighted by molar-refractivity contribution is -0.251. The Balaban J connectivity index is 1.16. The van der Waals surface area contributed by atoms with E-state index in [9.17, 15) is 0 Å². The Labute approximate surface area is 506 Å². The molecule has 16 heteroatoms. The van der Waals surface area contributed by atoms with E-state index in [-0.39, 0.29) is 112 Å². The number of hydrogen-bond acceptors (Lipinski definition) is 12. The molecule has 81 heavy (non-hydrogen) atoms. The van der Waals surface area contributed by atoms with E-state index in [1.807, 2.05) is 16.2 Å². The average molecular weight is 1300 g/mol. The van der Waals surface area contributed by atoms with Crippen LogP contribution in [0.3, 0.4) is 0 Å². The first-order chi connectivity index (χ1) is 37.9. The van der Waals surface area contributed by atoms with Crippen LogP contribution in [0.25, 0.3) is 0 Å². The number of ketones is 1. The van der Waals surface area contributed by atoms with Crippen LogP contribution in [0.1, 0.15) is 166 Å². The van der Waals surface area contributed by atoms with Gasteiger partial charge in [0.2, 0.25) is 0 Å². The quantitative estimate of drug-likeness (QED) is 0.0554. The summed E-state index contributed by atoms with van der Waals surface area (Å²) in [5.74, 6) is -0.831. The number of hydrogen-bond donors (Lipinski definition) is 0. The summed E-state index contributed by atoms with van der Waals surface area (Å²) in [6.07, 6.45) is 7.50. The van der Waals surface area contributed by atoms with Gasteiger partial charge in [-0.15, -0.1) is 0 Å². The summed E-state index contributed by atoms with van der Waals surface area (Å²) in [5.41, 5.74) is 3.14. The molecule has 12 nitrogen and oxygen atoms in total. The van der Waals surface area contributed by atoms with Crippen LogP contribution in [0.2, 0.25) is 36.3 Å². The van der Waals surface area contributed by atoms with Crippen molar-refractivity contribution in [1.29, 1.82) is 0 Å². The first-order valence-electron chi connectivity index (χ1n) is 31.2. The summed E-state index contributed by atoms with van der Waals surface area (Å²) in [6, 6.07) is 7.14. The van der Waals surface area contributed by atoms with Gasteiger partial charge in [0, 0.05) is 31.1 Å². The minimum Gasteiger partial charge on any atom is -0.411 e. The third-order valence-electron chi connectivity index (χ3n) is 20.6. The highest BCUT2D eigenvalue weighted by molar-refractivity contribution is 14.1. The molecular weight excluding hydrogens is 1190 g/mol. The SMILES string of the molecule is C=C1C[C@H](CCC2OCCO2)O[C@H]1CC[C@H]1C[C@H](C)C(=C)[C@@H](C[C@@H]2O[C@H](C[C@H](C)CC)[C@@H](C)[C@H]2C(C(=O)C[C@H]2CC[C@@H]3O[C@H]([C@H](/C=C/I)O[Si](C)(C)C(C)(C)C)[C@@H](O[Si](C)(C)C(C)(C)C)[C@@H](C)[C@@H]3O2)S(=O)(=O)c2ccc(CC)cc2)O1. The van der Waals surface area contributed by atoms with E-state index in [0.717, 1.165) is 74.5 Å². The molecule has 1 aromatic carbocycles. The van der Waals surface area contributed by atoms with Crippen LogP contribution in [-0.4, -0.2) is 129 Å². The molecule has 0 aliphatic carbocycles. The maximum atomic E-state index is 15.8. The van der Waals surface area contributed by atoms with Crippen LogP contribution >= 0.6 is 22.6 Å². The van der Waals surface area contributed by atoms with E-state index in [1.54, 1.807) is 12.1 Å². The molecule has 0 bridgehead atoms. The second kappa shape index (κ2) is 27.9. The first-order valence-corrected chi connectivity index (χ1v) is 39.8. The van der Waals surface area contributed by atoms with Crippen LogP contribution < -0.4 is 0 Å². The molecule has 6 aliphatic rings. The Morgan fingerprint density at radius 3 is 2.06 bits per heavy atom. The summed E-state index contributed by atoms with van der Waals surface area (Å²) in [4.78, 5) is 16.0. The smallest absolute Gasteiger partial charge is 0.193 e. The monoisotopic (exact) mass is 1290 g/mol. The van der Waals surface area contributed by atoms with E-state index >= 15 is 13.2 Å². The summed E-state index contributed by atoms with van der Waals surface area (Å²) >= 11 is 2.29. The zero-order valence-corrected chi connectivity index (χ0v) is 57.6. The highest BCUT2D eigenvalue weighted by atomic mass is 127. The maximum absolute atomic E-state index is 15.8. The van der Waals surface area contributed by atoms with Crippen molar-refractivity contribution in [3.8, 4) is 0 Å². The molecule has 0 spiro atoms. The Morgan fingerprint density at radius 1 is 0.802 bits per heavy atom. The molecule has 460 valence electrons. The Bertz CT molecular complexity index is 2400. The normalized spacial score (nSPS) is 34.2. The number of ether oxygens (including phenoxy) is 7. The van der Waals surface area contributed by atoms with Crippen molar-refractivity contribution in [3.63, 3.8) is 0 Å². The van der Waals surface area contributed by atoms with Crippen molar-refractivity contribution in [1.82, 2.24) is 0 Å². The van der Waals surface area contributed by atoms with Crippen molar-refractivity contribution in [2.24, 2.45) is 29.6 Å². The Kier molecular flexibility index (Phi) is 23.2. The van der Waals surface area contributed by atoms with Crippen molar-refractivity contribution in [2.75, 3.05) is 13.2 Å². The fourth-order valence-electron chi connectivity index (χ4n) is 13.0. The first kappa shape index (κ1) is 67.4. The van der Waals surface area contributed by atoms with Crippen LogP contribution in [0.5, 0.6) is 0 Å². The second-order valence-corrected chi connectivity index (χ2v) is 40.8. The molecule has 0 saturated carbocycles. The number of fused-ring (bicyclic) bond motifs is 1. The number of Topliss-reactive ketones (excluding diaryl/α,β-unsaturated/α-hetero) is 1. The third kappa shape index (κ3) is 16.1. The van der Waals surface area contributed by atoms with Gasteiger partial charge in [-0.25, -0.2) is 8.42 Å². The number of carbonyl (C=O) groups excluding carboxylic acids is 1. The molecule has 0 radical (unpaired) electrons. The zero-order chi connectivity index (χ0) is 59.6. The molecule has 7 rings (SSSR count). The molecule has 0 aromatic heterocycles. The number of carbonyl (C=O) groups is 1. The van der Waals surface area contributed by atoms with E-state index in [2.05, 4.69) is 151 Å². The number of halogens is 1. The van der Waals surface area contributed by atoms with E-state index in [1.165, 1.54) is 0 Å². The summed E-state index contributed by atoms with van der Waals surface area (Å²) in [6.45, 7) is 46.0. The van der Waals surface area contributed by atoms with Crippen LogP contribution in [0.4, 0.5) is 0 Å². The maximum Gasteiger partial charge on any atom is 0.193 e. The molecule has 6 saturated heterocycles. The van der Waals surface area contributed by atoms with Gasteiger partial charge in [0.1, 0.15) is 11.4 Å². The lowest BCUT2D eigenvalue weighted by atomic mass is 9.78. The number of rotatable bonds is 24. The highest BCUT2D eigenvalue weighted by Gasteiger charge is 2.57.